The Labute approximate surface area is 137 Å². The summed E-state index contributed by atoms with van der Waals surface area (Å²) in [5, 5.41) is 3.88. The van der Waals surface area contributed by atoms with Crippen molar-refractivity contribution in [3.05, 3.63) is 35.1 Å². The van der Waals surface area contributed by atoms with E-state index in [1.54, 1.807) is 0 Å². The molecule has 0 aliphatic carbocycles. The topological polar surface area (TPSA) is 54.7 Å². The minimum atomic E-state index is -0.499. The molecule has 0 spiro atoms. The number of hydrogen-bond donors (Lipinski definition) is 1. The number of carbonyl (C=O) groups excluding carboxylic acids is 1. The number of amides is 1. The zero-order valence-corrected chi connectivity index (χ0v) is 14.8. The number of fused-ring (bicyclic) bond motifs is 1. The van der Waals surface area contributed by atoms with E-state index in [9.17, 15) is 4.79 Å². The minimum Gasteiger partial charge on any atom is -0.459 e. The van der Waals surface area contributed by atoms with Gasteiger partial charge in [-0.3, -0.25) is 0 Å². The molecule has 0 bridgehead atoms. The van der Waals surface area contributed by atoms with Crippen LogP contribution in [0.3, 0.4) is 0 Å². The highest BCUT2D eigenvalue weighted by molar-refractivity contribution is 5.86. The van der Waals surface area contributed by atoms with E-state index in [-0.39, 0.29) is 0 Å². The van der Waals surface area contributed by atoms with Gasteiger partial charge in [0.05, 0.1) is 6.54 Å². The van der Waals surface area contributed by atoms with Crippen molar-refractivity contribution in [2.45, 2.75) is 46.4 Å². The summed E-state index contributed by atoms with van der Waals surface area (Å²) in [4.78, 5) is 13.9. The van der Waals surface area contributed by atoms with Crippen LogP contribution in [0.15, 0.2) is 22.6 Å². The van der Waals surface area contributed by atoms with E-state index in [1.807, 2.05) is 53.1 Å². The van der Waals surface area contributed by atoms with E-state index in [2.05, 4.69) is 17.1 Å². The maximum Gasteiger partial charge on any atom is 0.407 e. The van der Waals surface area contributed by atoms with Gasteiger partial charge in [0.15, 0.2) is 0 Å². The molecule has 0 saturated heterocycles. The first kappa shape index (κ1) is 17.3. The van der Waals surface area contributed by atoms with E-state index in [1.165, 1.54) is 0 Å². The van der Waals surface area contributed by atoms with E-state index in [4.69, 9.17) is 9.15 Å². The number of carbonyl (C=O) groups is 1. The summed E-state index contributed by atoms with van der Waals surface area (Å²) < 4.78 is 11.2. The monoisotopic (exact) mass is 318 g/mol. The molecular formula is C18H26N2O3. The summed E-state index contributed by atoms with van der Waals surface area (Å²) in [6, 6.07) is 5.90. The fourth-order valence-electron chi connectivity index (χ4n) is 2.50. The summed E-state index contributed by atoms with van der Waals surface area (Å²) in [6.07, 6.45) is -0.413. The lowest BCUT2D eigenvalue weighted by atomic mass is 10.1. The Bertz CT molecular complexity index is 696. The van der Waals surface area contributed by atoms with Gasteiger partial charge in [0.2, 0.25) is 0 Å². The normalized spacial score (nSPS) is 12.0. The van der Waals surface area contributed by atoms with Crippen LogP contribution in [0.2, 0.25) is 0 Å². The van der Waals surface area contributed by atoms with Crippen molar-refractivity contribution in [3.8, 4) is 0 Å². The van der Waals surface area contributed by atoms with Gasteiger partial charge in [-0.05, 0) is 53.4 Å². The average Bonchev–Trinajstić information content (AvgIpc) is 2.71. The number of aryl methyl sites for hydroxylation is 1. The van der Waals surface area contributed by atoms with Crippen molar-refractivity contribution in [2.75, 3.05) is 14.1 Å². The van der Waals surface area contributed by atoms with Crippen LogP contribution >= 0.6 is 0 Å². The van der Waals surface area contributed by atoms with Crippen LogP contribution < -0.4 is 5.32 Å². The number of nitrogens with one attached hydrogen (secondary N) is 1. The number of rotatable bonds is 4. The summed E-state index contributed by atoms with van der Waals surface area (Å²) in [5.41, 5.74) is 2.50. The third-order valence-corrected chi connectivity index (χ3v) is 3.42. The predicted octanol–water partition coefficient (Wildman–Crippen LogP) is 3.83. The predicted molar refractivity (Wildman–Crippen MR) is 91.4 cm³/mol. The van der Waals surface area contributed by atoms with Crippen LogP contribution in [0.4, 0.5) is 4.79 Å². The van der Waals surface area contributed by atoms with Gasteiger partial charge in [-0.2, -0.15) is 0 Å². The highest BCUT2D eigenvalue weighted by atomic mass is 16.6. The van der Waals surface area contributed by atoms with E-state index in [0.29, 0.717) is 6.54 Å². The molecule has 1 heterocycles. The van der Waals surface area contributed by atoms with Crippen LogP contribution in [-0.4, -0.2) is 30.7 Å². The molecule has 23 heavy (non-hydrogen) atoms. The second kappa shape index (κ2) is 6.62. The number of hydrogen-bond acceptors (Lipinski definition) is 4. The lowest BCUT2D eigenvalue weighted by molar-refractivity contribution is 0.0524. The van der Waals surface area contributed by atoms with Gasteiger partial charge in [-0.25, -0.2) is 4.79 Å². The van der Waals surface area contributed by atoms with Gasteiger partial charge >= 0.3 is 6.09 Å². The molecule has 5 nitrogen and oxygen atoms in total. The molecule has 2 rings (SSSR count). The van der Waals surface area contributed by atoms with Crippen molar-refractivity contribution in [2.24, 2.45) is 0 Å². The highest BCUT2D eigenvalue weighted by Crippen LogP contribution is 2.29. The van der Waals surface area contributed by atoms with Crippen LogP contribution in [0, 0.1) is 6.92 Å². The first-order valence-corrected chi connectivity index (χ1v) is 7.79. The number of nitrogens with zero attached hydrogens (tertiary/aromatic N) is 1. The van der Waals surface area contributed by atoms with Crippen molar-refractivity contribution >= 4 is 17.1 Å². The Kier molecular flexibility index (Phi) is 5.00. The minimum absolute atomic E-state index is 0.411. The fraction of sp³-hybridized carbons (Fsp3) is 0.500. The van der Waals surface area contributed by atoms with Crippen LogP contribution in [0.1, 0.15) is 37.7 Å². The Morgan fingerprint density at radius 3 is 2.61 bits per heavy atom. The Morgan fingerprint density at radius 1 is 1.30 bits per heavy atom. The standard InChI is InChI=1S/C18H26N2O3/c1-12-15(11-20(5)6)22-14-9-7-8-13(16(12)14)10-19-17(21)23-18(2,3)4/h7-9H,10-11H2,1-6H3,(H,19,21). The van der Waals surface area contributed by atoms with Gasteiger partial charge in [0.25, 0.3) is 0 Å². The molecule has 0 unspecified atom stereocenters. The molecule has 126 valence electrons. The Hall–Kier alpha value is -2.01. The fourth-order valence-corrected chi connectivity index (χ4v) is 2.50. The smallest absolute Gasteiger partial charge is 0.407 e. The SMILES string of the molecule is Cc1c(CN(C)C)oc2cccc(CNC(=O)OC(C)(C)C)c12. The maximum atomic E-state index is 11.8. The van der Waals surface area contributed by atoms with Gasteiger partial charge < -0.3 is 19.4 Å². The molecule has 0 radical (unpaired) electrons. The lowest BCUT2D eigenvalue weighted by Gasteiger charge is -2.19. The molecule has 0 fully saturated rings. The van der Waals surface area contributed by atoms with Crippen LogP contribution in [-0.2, 0) is 17.8 Å². The molecule has 0 aliphatic heterocycles. The van der Waals surface area contributed by atoms with Crippen LogP contribution in [0.5, 0.6) is 0 Å². The summed E-state index contributed by atoms with van der Waals surface area (Å²) >= 11 is 0. The second-order valence-corrected chi connectivity index (χ2v) is 7.03. The molecule has 2 aromatic rings. The maximum absolute atomic E-state index is 11.8. The summed E-state index contributed by atoms with van der Waals surface area (Å²) in [5.74, 6) is 0.953. The molecular weight excluding hydrogens is 292 g/mol. The molecule has 0 saturated carbocycles. The van der Waals surface area contributed by atoms with E-state index >= 15 is 0 Å². The zero-order valence-electron chi connectivity index (χ0n) is 14.8. The van der Waals surface area contributed by atoms with E-state index < -0.39 is 11.7 Å². The molecule has 1 aromatic carbocycles. The largest absolute Gasteiger partial charge is 0.459 e. The number of alkyl carbamates (subject to hydrolysis) is 1. The van der Waals surface area contributed by atoms with Crippen molar-refractivity contribution < 1.29 is 13.9 Å². The lowest BCUT2D eigenvalue weighted by Crippen LogP contribution is -2.32. The van der Waals surface area contributed by atoms with Crippen molar-refractivity contribution in [1.82, 2.24) is 10.2 Å². The Balaban J connectivity index is 2.21. The Morgan fingerprint density at radius 2 is 2.00 bits per heavy atom. The van der Waals surface area contributed by atoms with Crippen LogP contribution in [0.25, 0.3) is 11.0 Å². The molecule has 1 N–H and O–H groups in total. The zero-order chi connectivity index (χ0) is 17.2. The third kappa shape index (κ3) is 4.48. The van der Waals surface area contributed by atoms with Crippen molar-refractivity contribution in [1.29, 1.82) is 0 Å². The number of furan rings is 1. The third-order valence-electron chi connectivity index (χ3n) is 3.42. The highest BCUT2D eigenvalue weighted by Gasteiger charge is 2.18. The quantitative estimate of drug-likeness (QED) is 0.931. The van der Waals surface area contributed by atoms with Gasteiger partial charge in [-0.1, -0.05) is 12.1 Å². The number of ether oxygens (including phenoxy) is 1. The second-order valence-electron chi connectivity index (χ2n) is 7.03. The summed E-state index contributed by atoms with van der Waals surface area (Å²) in [7, 11) is 4.02. The van der Waals surface area contributed by atoms with Gasteiger partial charge in [0.1, 0.15) is 16.9 Å². The summed E-state index contributed by atoms with van der Waals surface area (Å²) in [6.45, 7) is 8.76. The molecule has 0 aliphatic rings. The molecule has 1 aromatic heterocycles. The van der Waals surface area contributed by atoms with Gasteiger partial charge in [-0.15, -0.1) is 0 Å². The van der Waals surface area contributed by atoms with Gasteiger partial charge in [0, 0.05) is 17.5 Å². The first-order chi connectivity index (χ1) is 10.7. The first-order valence-electron chi connectivity index (χ1n) is 7.79. The number of benzene rings is 1. The molecule has 5 heteroatoms. The van der Waals surface area contributed by atoms with E-state index in [0.717, 1.165) is 34.4 Å². The molecule has 0 atom stereocenters. The average molecular weight is 318 g/mol. The van der Waals surface area contributed by atoms with Crippen molar-refractivity contribution in [3.63, 3.8) is 0 Å². The molecule has 1 amide bonds.